The highest BCUT2D eigenvalue weighted by atomic mass is 79.9. The summed E-state index contributed by atoms with van der Waals surface area (Å²) in [7, 11) is 0. The predicted molar refractivity (Wildman–Crippen MR) is 71.2 cm³/mol. The van der Waals surface area contributed by atoms with Crippen LogP contribution >= 0.6 is 15.9 Å². The highest BCUT2D eigenvalue weighted by Crippen LogP contribution is 2.16. The molecule has 0 radical (unpaired) electrons. The topological polar surface area (TPSA) is 56.2 Å². The highest BCUT2D eigenvalue weighted by molar-refractivity contribution is 9.10. The van der Waals surface area contributed by atoms with Gasteiger partial charge in [-0.1, -0.05) is 0 Å². The number of carbonyl (C=O) groups excluding carboxylic acids is 1. The van der Waals surface area contributed by atoms with Gasteiger partial charge in [0.1, 0.15) is 6.54 Å². The molecule has 2 unspecified atom stereocenters. The molecule has 0 spiro atoms. The summed E-state index contributed by atoms with van der Waals surface area (Å²) in [6.45, 7) is 4.96. The Bertz CT molecular complexity index is 427. The van der Waals surface area contributed by atoms with Crippen LogP contribution in [0.4, 0.5) is 0 Å². The molecule has 1 aliphatic heterocycles. The van der Waals surface area contributed by atoms with Gasteiger partial charge in [-0.15, -0.1) is 0 Å². The minimum Gasteiger partial charge on any atom is -0.376 e. The summed E-state index contributed by atoms with van der Waals surface area (Å²) in [5.74, 6) is -0.0308. The van der Waals surface area contributed by atoms with E-state index in [-0.39, 0.29) is 24.6 Å². The van der Waals surface area contributed by atoms with Crippen molar-refractivity contribution >= 4 is 21.8 Å². The molecule has 1 aliphatic rings. The first-order chi connectivity index (χ1) is 8.58. The summed E-state index contributed by atoms with van der Waals surface area (Å²) in [5, 5.41) is 7.10. The van der Waals surface area contributed by atoms with Crippen LogP contribution in [0.1, 0.15) is 25.5 Å². The van der Waals surface area contributed by atoms with Crippen LogP contribution in [-0.4, -0.2) is 34.4 Å². The van der Waals surface area contributed by atoms with Gasteiger partial charge in [-0.3, -0.25) is 9.48 Å². The number of carbonyl (C=O) groups is 1. The Morgan fingerprint density at radius 1 is 1.78 bits per heavy atom. The van der Waals surface area contributed by atoms with E-state index in [4.69, 9.17) is 4.74 Å². The number of rotatable bonds is 4. The first kappa shape index (κ1) is 13.5. The molecule has 1 N–H and O–H groups in total. The maximum absolute atomic E-state index is 11.9. The molecule has 0 aliphatic carbocycles. The molecule has 1 amide bonds. The largest absolute Gasteiger partial charge is 0.376 e. The summed E-state index contributed by atoms with van der Waals surface area (Å²) < 4.78 is 8.15. The van der Waals surface area contributed by atoms with E-state index in [1.165, 1.54) is 0 Å². The Hall–Kier alpha value is -0.880. The molecule has 1 saturated heterocycles. The Kier molecular flexibility index (Phi) is 4.40. The monoisotopic (exact) mass is 315 g/mol. The molecule has 1 fully saturated rings. The van der Waals surface area contributed by atoms with E-state index in [9.17, 15) is 4.79 Å². The third-order valence-electron chi connectivity index (χ3n) is 3.25. The SMILES string of the molecule is Cc1c(Br)cnn1CC(=O)NC(C)C1CCCO1. The molecule has 2 atom stereocenters. The zero-order chi connectivity index (χ0) is 13.1. The number of nitrogens with zero attached hydrogens (tertiary/aromatic N) is 2. The fourth-order valence-electron chi connectivity index (χ4n) is 2.11. The highest BCUT2D eigenvalue weighted by Gasteiger charge is 2.23. The van der Waals surface area contributed by atoms with Crippen LogP contribution < -0.4 is 5.32 Å². The summed E-state index contributed by atoms with van der Waals surface area (Å²) in [5.41, 5.74) is 0.954. The summed E-state index contributed by atoms with van der Waals surface area (Å²) in [6.07, 6.45) is 3.95. The fraction of sp³-hybridized carbons (Fsp3) is 0.667. The van der Waals surface area contributed by atoms with E-state index in [1.54, 1.807) is 10.9 Å². The lowest BCUT2D eigenvalue weighted by Crippen LogP contribution is -2.42. The molecular weight excluding hydrogens is 298 g/mol. The van der Waals surface area contributed by atoms with Crippen molar-refractivity contribution < 1.29 is 9.53 Å². The molecule has 1 aromatic rings. The second-order valence-electron chi connectivity index (χ2n) is 4.64. The Morgan fingerprint density at radius 3 is 3.11 bits per heavy atom. The number of halogens is 1. The number of nitrogens with one attached hydrogen (secondary N) is 1. The van der Waals surface area contributed by atoms with Crippen LogP contribution in [0.2, 0.25) is 0 Å². The van der Waals surface area contributed by atoms with Crippen molar-refractivity contribution in [3.05, 3.63) is 16.4 Å². The molecule has 18 heavy (non-hydrogen) atoms. The summed E-state index contributed by atoms with van der Waals surface area (Å²) in [4.78, 5) is 11.9. The smallest absolute Gasteiger partial charge is 0.242 e. The molecule has 0 aromatic carbocycles. The van der Waals surface area contributed by atoms with Crippen LogP contribution in [0.5, 0.6) is 0 Å². The lowest BCUT2D eigenvalue weighted by Gasteiger charge is -2.20. The van der Waals surface area contributed by atoms with E-state index >= 15 is 0 Å². The van der Waals surface area contributed by atoms with Crippen molar-refractivity contribution in [2.45, 2.75) is 45.4 Å². The van der Waals surface area contributed by atoms with Gasteiger partial charge in [0.2, 0.25) is 5.91 Å². The van der Waals surface area contributed by atoms with Gasteiger partial charge in [0.05, 0.1) is 28.5 Å². The van der Waals surface area contributed by atoms with Crippen LogP contribution in [-0.2, 0) is 16.1 Å². The van der Waals surface area contributed by atoms with Gasteiger partial charge in [-0.05, 0) is 42.6 Å². The molecule has 2 heterocycles. The van der Waals surface area contributed by atoms with Crippen LogP contribution in [0, 0.1) is 6.92 Å². The Balaban J connectivity index is 1.86. The molecule has 1 aromatic heterocycles. The maximum atomic E-state index is 11.9. The zero-order valence-corrected chi connectivity index (χ0v) is 12.2. The molecule has 2 rings (SSSR count). The molecule has 100 valence electrons. The summed E-state index contributed by atoms with van der Waals surface area (Å²) in [6, 6.07) is 0.0549. The van der Waals surface area contributed by atoms with Gasteiger partial charge in [0, 0.05) is 6.61 Å². The molecule has 5 nitrogen and oxygen atoms in total. The van der Waals surface area contributed by atoms with Crippen molar-refractivity contribution in [3.8, 4) is 0 Å². The van der Waals surface area contributed by atoms with Crippen molar-refractivity contribution in [1.29, 1.82) is 0 Å². The van der Waals surface area contributed by atoms with E-state index in [0.717, 1.165) is 29.6 Å². The quantitative estimate of drug-likeness (QED) is 0.919. The normalized spacial score (nSPS) is 20.9. The number of hydrogen-bond acceptors (Lipinski definition) is 3. The van der Waals surface area contributed by atoms with Crippen LogP contribution in [0.25, 0.3) is 0 Å². The van der Waals surface area contributed by atoms with E-state index in [0.29, 0.717) is 0 Å². The fourth-order valence-corrected chi connectivity index (χ4v) is 2.40. The van der Waals surface area contributed by atoms with Gasteiger partial charge in [-0.25, -0.2) is 0 Å². The van der Waals surface area contributed by atoms with Gasteiger partial charge in [0.15, 0.2) is 0 Å². The Morgan fingerprint density at radius 2 is 2.56 bits per heavy atom. The number of ether oxygens (including phenoxy) is 1. The third-order valence-corrected chi connectivity index (χ3v) is 4.03. The first-order valence-corrected chi connectivity index (χ1v) is 6.96. The molecular formula is C12H18BrN3O2. The van der Waals surface area contributed by atoms with Crippen molar-refractivity contribution in [3.63, 3.8) is 0 Å². The zero-order valence-electron chi connectivity index (χ0n) is 10.6. The lowest BCUT2D eigenvalue weighted by molar-refractivity contribution is -0.123. The van der Waals surface area contributed by atoms with Crippen molar-refractivity contribution in [2.75, 3.05) is 6.61 Å². The van der Waals surface area contributed by atoms with Crippen LogP contribution in [0.15, 0.2) is 10.7 Å². The lowest BCUT2D eigenvalue weighted by atomic mass is 10.1. The van der Waals surface area contributed by atoms with Crippen molar-refractivity contribution in [2.24, 2.45) is 0 Å². The Labute approximate surface area is 115 Å². The number of aromatic nitrogens is 2. The van der Waals surface area contributed by atoms with E-state index < -0.39 is 0 Å². The molecule has 0 bridgehead atoms. The predicted octanol–water partition coefficient (Wildman–Crippen LogP) is 1.64. The van der Waals surface area contributed by atoms with Crippen LogP contribution in [0.3, 0.4) is 0 Å². The third kappa shape index (κ3) is 3.11. The average molecular weight is 316 g/mol. The summed E-state index contributed by atoms with van der Waals surface area (Å²) >= 11 is 3.38. The standard InChI is InChI=1S/C12H18BrN3O2/c1-8(11-4-3-5-18-11)15-12(17)7-16-9(2)10(13)6-14-16/h6,8,11H,3-5,7H2,1-2H3,(H,15,17). The molecule has 6 heteroatoms. The number of amides is 1. The second kappa shape index (κ2) is 5.84. The number of hydrogen-bond donors (Lipinski definition) is 1. The average Bonchev–Trinajstić information content (AvgIpc) is 2.94. The van der Waals surface area contributed by atoms with Gasteiger partial charge < -0.3 is 10.1 Å². The van der Waals surface area contributed by atoms with Crippen molar-refractivity contribution in [1.82, 2.24) is 15.1 Å². The minimum absolute atomic E-state index is 0.0308. The maximum Gasteiger partial charge on any atom is 0.242 e. The minimum atomic E-state index is -0.0308. The van der Waals surface area contributed by atoms with E-state index in [2.05, 4.69) is 26.3 Å². The van der Waals surface area contributed by atoms with Gasteiger partial charge >= 0.3 is 0 Å². The van der Waals surface area contributed by atoms with Gasteiger partial charge in [0.25, 0.3) is 0 Å². The van der Waals surface area contributed by atoms with Gasteiger partial charge in [-0.2, -0.15) is 5.10 Å². The molecule has 0 saturated carbocycles. The second-order valence-corrected chi connectivity index (χ2v) is 5.50. The van der Waals surface area contributed by atoms with E-state index in [1.807, 2.05) is 13.8 Å². The first-order valence-electron chi connectivity index (χ1n) is 6.17.